The van der Waals surface area contributed by atoms with Gasteiger partial charge in [0.2, 0.25) is 0 Å². The number of rotatable bonds is 6. The maximum atomic E-state index is 10.3. The highest BCUT2D eigenvalue weighted by Gasteiger charge is 2.20. The molecule has 0 saturated heterocycles. The SMILES string of the molecule is CN(C)CC(C)(O)CNCc1ccnc2ccccc12. The largest absolute Gasteiger partial charge is 0.388 e. The molecule has 1 unspecified atom stereocenters. The standard InChI is InChI=1S/C16H23N3O/c1-16(20,12-19(2)3)11-17-10-13-8-9-18-15-7-5-4-6-14(13)15/h4-9,17,20H,10-12H2,1-3H3. The number of nitrogens with zero attached hydrogens (tertiary/aromatic N) is 2. The van der Waals surface area contributed by atoms with E-state index < -0.39 is 5.60 Å². The Balaban J connectivity index is 2.00. The van der Waals surface area contributed by atoms with Crippen LogP contribution in [0.1, 0.15) is 12.5 Å². The van der Waals surface area contributed by atoms with Crippen LogP contribution >= 0.6 is 0 Å². The molecule has 0 spiro atoms. The topological polar surface area (TPSA) is 48.4 Å². The van der Waals surface area contributed by atoms with Crippen molar-refractivity contribution in [2.75, 3.05) is 27.2 Å². The van der Waals surface area contributed by atoms with Crippen molar-refractivity contribution in [2.24, 2.45) is 0 Å². The molecule has 4 nitrogen and oxygen atoms in total. The van der Waals surface area contributed by atoms with E-state index in [2.05, 4.69) is 16.4 Å². The smallest absolute Gasteiger partial charge is 0.0869 e. The first-order chi connectivity index (χ1) is 9.48. The van der Waals surface area contributed by atoms with E-state index in [9.17, 15) is 5.11 Å². The van der Waals surface area contributed by atoms with Gasteiger partial charge in [0.1, 0.15) is 0 Å². The van der Waals surface area contributed by atoms with E-state index in [1.165, 1.54) is 5.56 Å². The van der Waals surface area contributed by atoms with Crippen LogP contribution in [0.3, 0.4) is 0 Å². The predicted octanol–water partition coefficient (Wildman–Crippen LogP) is 1.64. The fourth-order valence-corrected chi connectivity index (χ4v) is 2.51. The average Bonchev–Trinajstić information content (AvgIpc) is 2.37. The summed E-state index contributed by atoms with van der Waals surface area (Å²) in [6.07, 6.45) is 1.83. The summed E-state index contributed by atoms with van der Waals surface area (Å²) < 4.78 is 0. The molecule has 2 rings (SSSR count). The zero-order valence-electron chi connectivity index (χ0n) is 12.4. The van der Waals surface area contributed by atoms with Gasteiger partial charge in [-0.3, -0.25) is 4.98 Å². The zero-order valence-corrected chi connectivity index (χ0v) is 12.4. The van der Waals surface area contributed by atoms with Crippen molar-refractivity contribution in [1.82, 2.24) is 15.2 Å². The molecular weight excluding hydrogens is 250 g/mol. The number of para-hydroxylation sites is 1. The van der Waals surface area contributed by atoms with Crippen molar-refractivity contribution < 1.29 is 5.11 Å². The molecule has 0 aliphatic rings. The maximum absolute atomic E-state index is 10.3. The summed E-state index contributed by atoms with van der Waals surface area (Å²) in [6.45, 7) is 3.77. The number of hydrogen-bond donors (Lipinski definition) is 2. The Bertz CT molecular complexity index is 561. The molecule has 0 amide bonds. The van der Waals surface area contributed by atoms with Gasteiger partial charge in [0.25, 0.3) is 0 Å². The lowest BCUT2D eigenvalue weighted by Gasteiger charge is -2.27. The number of pyridine rings is 1. The van der Waals surface area contributed by atoms with E-state index in [4.69, 9.17) is 0 Å². The molecule has 4 heteroatoms. The molecule has 1 heterocycles. The van der Waals surface area contributed by atoms with Gasteiger partial charge in [-0.15, -0.1) is 0 Å². The van der Waals surface area contributed by atoms with Gasteiger partial charge in [0, 0.05) is 31.2 Å². The van der Waals surface area contributed by atoms with E-state index >= 15 is 0 Å². The van der Waals surface area contributed by atoms with Crippen LogP contribution in [0.5, 0.6) is 0 Å². The molecule has 0 aliphatic heterocycles. The Kier molecular flexibility index (Phi) is 4.70. The molecule has 0 saturated carbocycles. The average molecular weight is 273 g/mol. The fraction of sp³-hybridized carbons (Fsp3) is 0.438. The summed E-state index contributed by atoms with van der Waals surface area (Å²) >= 11 is 0. The van der Waals surface area contributed by atoms with Crippen LogP contribution in [-0.2, 0) is 6.54 Å². The van der Waals surface area contributed by atoms with E-state index in [0.29, 0.717) is 13.1 Å². The summed E-state index contributed by atoms with van der Waals surface area (Å²) in [5.74, 6) is 0. The number of benzene rings is 1. The van der Waals surface area contributed by atoms with Gasteiger partial charge >= 0.3 is 0 Å². The number of aromatic nitrogens is 1. The van der Waals surface area contributed by atoms with Crippen molar-refractivity contribution in [3.63, 3.8) is 0 Å². The van der Waals surface area contributed by atoms with Gasteiger partial charge in [-0.25, -0.2) is 0 Å². The van der Waals surface area contributed by atoms with Crippen LogP contribution in [-0.4, -0.2) is 47.8 Å². The first kappa shape index (κ1) is 14.9. The summed E-state index contributed by atoms with van der Waals surface area (Å²) in [5, 5.41) is 14.8. The quantitative estimate of drug-likeness (QED) is 0.840. The zero-order chi connectivity index (χ0) is 14.6. The minimum atomic E-state index is -0.730. The number of fused-ring (bicyclic) bond motifs is 1. The second-order valence-corrected chi connectivity index (χ2v) is 5.83. The maximum Gasteiger partial charge on any atom is 0.0869 e. The second kappa shape index (κ2) is 6.31. The van der Waals surface area contributed by atoms with Crippen LogP contribution < -0.4 is 5.32 Å². The van der Waals surface area contributed by atoms with E-state index in [1.807, 2.05) is 56.4 Å². The molecular formula is C16H23N3O. The number of hydrogen-bond acceptors (Lipinski definition) is 4. The van der Waals surface area contributed by atoms with Crippen LogP contribution in [0.4, 0.5) is 0 Å². The van der Waals surface area contributed by atoms with Crippen LogP contribution in [0.2, 0.25) is 0 Å². The summed E-state index contributed by atoms with van der Waals surface area (Å²) in [6, 6.07) is 10.1. The third-order valence-electron chi connectivity index (χ3n) is 3.22. The third-order valence-corrected chi connectivity index (χ3v) is 3.22. The Labute approximate surface area is 120 Å². The van der Waals surface area contributed by atoms with Gasteiger partial charge in [0.05, 0.1) is 11.1 Å². The Morgan fingerprint density at radius 2 is 2.00 bits per heavy atom. The lowest BCUT2D eigenvalue weighted by molar-refractivity contribution is 0.0336. The van der Waals surface area contributed by atoms with Crippen LogP contribution in [0.25, 0.3) is 10.9 Å². The summed E-state index contributed by atoms with van der Waals surface area (Å²) in [4.78, 5) is 6.34. The molecule has 2 aromatic rings. The van der Waals surface area contributed by atoms with Crippen molar-refractivity contribution in [3.8, 4) is 0 Å². The summed E-state index contributed by atoms with van der Waals surface area (Å²) in [5.41, 5.74) is 1.48. The predicted molar refractivity (Wildman–Crippen MR) is 82.6 cm³/mol. The van der Waals surface area contributed by atoms with Crippen molar-refractivity contribution >= 4 is 10.9 Å². The highest BCUT2D eigenvalue weighted by molar-refractivity contribution is 5.81. The van der Waals surface area contributed by atoms with Crippen molar-refractivity contribution in [2.45, 2.75) is 19.1 Å². The van der Waals surface area contributed by atoms with Gasteiger partial charge in [-0.2, -0.15) is 0 Å². The lowest BCUT2D eigenvalue weighted by Crippen LogP contribution is -2.45. The van der Waals surface area contributed by atoms with E-state index in [-0.39, 0.29) is 0 Å². The third kappa shape index (κ3) is 4.00. The molecule has 1 atom stereocenters. The Morgan fingerprint density at radius 3 is 2.75 bits per heavy atom. The minimum Gasteiger partial charge on any atom is -0.388 e. The lowest BCUT2D eigenvalue weighted by atomic mass is 10.1. The Hall–Kier alpha value is -1.49. The second-order valence-electron chi connectivity index (χ2n) is 5.83. The van der Waals surface area contributed by atoms with Gasteiger partial charge in [-0.05, 0) is 38.7 Å². The molecule has 1 aromatic carbocycles. The van der Waals surface area contributed by atoms with Crippen LogP contribution in [0, 0.1) is 0 Å². The molecule has 0 fully saturated rings. The first-order valence-electron chi connectivity index (χ1n) is 6.88. The van der Waals surface area contributed by atoms with Gasteiger partial charge < -0.3 is 15.3 Å². The molecule has 0 aliphatic carbocycles. The van der Waals surface area contributed by atoms with Gasteiger partial charge in [0.15, 0.2) is 0 Å². The first-order valence-corrected chi connectivity index (χ1v) is 6.88. The number of aliphatic hydroxyl groups is 1. The van der Waals surface area contributed by atoms with Crippen molar-refractivity contribution in [1.29, 1.82) is 0 Å². The molecule has 2 N–H and O–H groups in total. The number of nitrogens with one attached hydrogen (secondary N) is 1. The van der Waals surface area contributed by atoms with Crippen molar-refractivity contribution in [3.05, 3.63) is 42.1 Å². The van der Waals surface area contributed by atoms with E-state index in [0.717, 1.165) is 17.4 Å². The summed E-state index contributed by atoms with van der Waals surface area (Å²) in [7, 11) is 3.93. The minimum absolute atomic E-state index is 0.557. The Morgan fingerprint density at radius 1 is 1.25 bits per heavy atom. The molecule has 20 heavy (non-hydrogen) atoms. The highest BCUT2D eigenvalue weighted by Crippen LogP contribution is 2.16. The monoisotopic (exact) mass is 273 g/mol. The highest BCUT2D eigenvalue weighted by atomic mass is 16.3. The van der Waals surface area contributed by atoms with E-state index in [1.54, 1.807) is 0 Å². The fourth-order valence-electron chi connectivity index (χ4n) is 2.51. The van der Waals surface area contributed by atoms with Crippen LogP contribution in [0.15, 0.2) is 36.5 Å². The normalized spacial score (nSPS) is 14.7. The molecule has 0 bridgehead atoms. The molecule has 108 valence electrons. The molecule has 1 aromatic heterocycles. The number of likely N-dealkylation sites (N-methyl/N-ethyl adjacent to an activating group) is 1. The van der Waals surface area contributed by atoms with Gasteiger partial charge in [-0.1, -0.05) is 18.2 Å². The molecule has 0 radical (unpaired) electrons.